The Kier molecular flexibility index (Phi) is 5.55. The van der Waals surface area contributed by atoms with E-state index in [0.29, 0.717) is 22.2 Å². The standard InChI is InChI=1S/C15H13Cl2IO2/c1-20-15-5-3-11(16)6-10(15)8-14(19)9-2-4-13(18)12(17)7-9/h2-7,14,19H,8H2,1H3. The molecule has 2 nitrogen and oxygen atoms in total. The monoisotopic (exact) mass is 422 g/mol. The van der Waals surface area contributed by atoms with Gasteiger partial charge in [0.05, 0.1) is 18.2 Å². The zero-order valence-electron chi connectivity index (χ0n) is 10.7. The van der Waals surface area contributed by atoms with Gasteiger partial charge in [0.2, 0.25) is 0 Å². The minimum atomic E-state index is -0.656. The largest absolute Gasteiger partial charge is 0.496 e. The molecule has 20 heavy (non-hydrogen) atoms. The maximum absolute atomic E-state index is 10.3. The topological polar surface area (TPSA) is 29.5 Å². The Balaban J connectivity index is 2.24. The van der Waals surface area contributed by atoms with Crippen LogP contribution in [0.4, 0.5) is 0 Å². The highest BCUT2D eigenvalue weighted by Crippen LogP contribution is 2.29. The van der Waals surface area contributed by atoms with Crippen molar-refractivity contribution in [2.24, 2.45) is 0 Å². The van der Waals surface area contributed by atoms with E-state index in [9.17, 15) is 5.11 Å². The van der Waals surface area contributed by atoms with E-state index in [1.165, 1.54) is 0 Å². The van der Waals surface area contributed by atoms with Crippen molar-refractivity contribution in [3.63, 3.8) is 0 Å². The van der Waals surface area contributed by atoms with Gasteiger partial charge in [-0.05, 0) is 64.0 Å². The third-order valence-electron chi connectivity index (χ3n) is 2.98. The second-order valence-electron chi connectivity index (χ2n) is 4.35. The van der Waals surface area contributed by atoms with Crippen LogP contribution in [0.2, 0.25) is 10.0 Å². The number of aliphatic hydroxyl groups is 1. The third kappa shape index (κ3) is 3.79. The molecule has 2 aromatic rings. The van der Waals surface area contributed by atoms with Crippen LogP contribution in [0.15, 0.2) is 36.4 Å². The number of hydrogen-bond donors (Lipinski definition) is 1. The van der Waals surface area contributed by atoms with Gasteiger partial charge in [0, 0.05) is 15.0 Å². The molecule has 2 aromatic carbocycles. The Labute approximate surface area is 141 Å². The maximum atomic E-state index is 10.3. The van der Waals surface area contributed by atoms with Crippen molar-refractivity contribution in [2.45, 2.75) is 12.5 Å². The number of hydrogen-bond acceptors (Lipinski definition) is 2. The molecule has 0 aliphatic heterocycles. The van der Waals surface area contributed by atoms with Crippen molar-refractivity contribution in [3.8, 4) is 5.75 Å². The van der Waals surface area contributed by atoms with Gasteiger partial charge in [0.25, 0.3) is 0 Å². The molecule has 1 N–H and O–H groups in total. The Hall–Kier alpha value is -0.490. The van der Waals surface area contributed by atoms with E-state index in [0.717, 1.165) is 14.7 Å². The highest BCUT2D eigenvalue weighted by atomic mass is 127. The fraction of sp³-hybridized carbons (Fsp3) is 0.200. The number of benzene rings is 2. The Morgan fingerprint density at radius 2 is 1.95 bits per heavy atom. The van der Waals surface area contributed by atoms with Gasteiger partial charge in [-0.25, -0.2) is 0 Å². The summed E-state index contributed by atoms with van der Waals surface area (Å²) in [6.07, 6.45) is -0.238. The van der Waals surface area contributed by atoms with Crippen LogP contribution in [0.3, 0.4) is 0 Å². The first kappa shape index (κ1) is 15.9. The smallest absolute Gasteiger partial charge is 0.122 e. The normalized spacial score (nSPS) is 12.2. The first-order valence-electron chi connectivity index (χ1n) is 5.96. The zero-order chi connectivity index (χ0) is 14.7. The SMILES string of the molecule is COc1ccc(Cl)cc1CC(O)c1ccc(I)c(Cl)c1. The van der Waals surface area contributed by atoms with Gasteiger partial charge in [0.1, 0.15) is 5.75 Å². The minimum absolute atomic E-state index is 0.417. The molecular formula is C15H13Cl2IO2. The number of methoxy groups -OCH3 is 1. The molecule has 0 spiro atoms. The van der Waals surface area contributed by atoms with Gasteiger partial charge in [-0.1, -0.05) is 29.3 Å². The second-order valence-corrected chi connectivity index (χ2v) is 6.36. The van der Waals surface area contributed by atoms with Crippen LogP contribution in [-0.2, 0) is 6.42 Å². The summed E-state index contributed by atoms with van der Waals surface area (Å²) in [6, 6.07) is 10.9. The molecule has 0 saturated heterocycles. The fourth-order valence-corrected chi connectivity index (χ4v) is 2.67. The van der Waals surface area contributed by atoms with Gasteiger partial charge < -0.3 is 9.84 Å². The van der Waals surface area contributed by atoms with Crippen molar-refractivity contribution < 1.29 is 9.84 Å². The lowest BCUT2D eigenvalue weighted by Gasteiger charge is -2.14. The van der Waals surface area contributed by atoms with Crippen molar-refractivity contribution in [1.82, 2.24) is 0 Å². The van der Waals surface area contributed by atoms with Crippen molar-refractivity contribution >= 4 is 45.8 Å². The second kappa shape index (κ2) is 6.98. The average Bonchev–Trinajstić information content (AvgIpc) is 2.42. The first-order chi connectivity index (χ1) is 9.51. The molecule has 1 atom stereocenters. The molecule has 2 rings (SSSR count). The molecule has 5 heteroatoms. The van der Waals surface area contributed by atoms with Crippen LogP contribution in [0.1, 0.15) is 17.2 Å². The maximum Gasteiger partial charge on any atom is 0.122 e. The summed E-state index contributed by atoms with van der Waals surface area (Å²) in [7, 11) is 1.60. The fourth-order valence-electron chi connectivity index (χ4n) is 1.95. The third-order valence-corrected chi connectivity index (χ3v) is 4.79. The van der Waals surface area contributed by atoms with Crippen LogP contribution < -0.4 is 4.74 Å². The van der Waals surface area contributed by atoms with E-state index < -0.39 is 6.10 Å². The van der Waals surface area contributed by atoms with Crippen molar-refractivity contribution in [3.05, 3.63) is 61.1 Å². The zero-order valence-corrected chi connectivity index (χ0v) is 14.4. The van der Waals surface area contributed by atoms with Crippen LogP contribution in [0.25, 0.3) is 0 Å². The molecule has 0 bridgehead atoms. The van der Waals surface area contributed by atoms with Crippen molar-refractivity contribution in [2.75, 3.05) is 7.11 Å². The van der Waals surface area contributed by atoms with Gasteiger partial charge in [-0.2, -0.15) is 0 Å². The Bertz CT molecular complexity index is 617. The van der Waals surface area contributed by atoms with Crippen molar-refractivity contribution in [1.29, 1.82) is 0 Å². The average molecular weight is 423 g/mol. The van der Waals surface area contributed by atoms with E-state index in [-0.39, 0.29) is 0 Å². The number of halogens is 3. The summed E-state index contributed by atoms with van der Waals surface area (Å²) in [5.74, 6) is 0.713. The molecule has 0 aliphatic rings. The molecule has 0 aliphatic carbocycles. The summed E-state index contributed by atoms with van der Waals surface area (Å²) in [6.45, 7) is 0. The lowest BCUT2D eigenvalue weighted by Crippen LogP contribution is -2.03. The first-order valence-corrected chi connectivity index (χ1v) is 7.80. The molecule has 0 heterocycles. The van der Waals surface area contributed by atoms with E-state index in [4.69, 9.17) is 27.9 Å². The van der Waals surface area contributed by atoms with Crippen LogP contribution in [-0.4, -0.2) is 12.2 Å². The summed E-state index contributed by atoms with van der Waals surface area (Å²) in [4.78, 5) is 0. The Morgan fingerprint density at radius 3 is 2.60 bits per heavy atom. The molecule has 0 saturated carbocycles. The quantitative estimate of drug-likeness (QED) is 0.711. The molecule has 0 fully saturated rings. The summed E-state index contributed by atoms with van der Waals surface area (Å²) in [5.41, 5.74) is 1.64. The van der Waals surface area contributed by atoms with E-state index >= 15 is 0 Å². The van der Waals surface area contributed by atoms with Crippen LogP contribution in [0.5, 0.6) is 5.75 Å². The summed E-state index contributed by atoms with van der Waals surface area (Å²) >= 11 is 14.2. The van der Waals surface area contributed by atoms with Crippen LogP contribution in [0, 0.1) is 3.57 Å². The Morgan fingerprint density at radius 1 is 1.20 bits per heavy atom. The molecule has 1 unspecified atom stereocenters. The lowest BCUT2D eigenvalue weighted by molar-refractivity contribution is 0.177. The van der Waals surface area contributed by atoms with Gasteiger partial charge in [-0.3, -0.25) is 0 Å². The predicted molar refractivity (Wildman–Crippen MR) is 90.8 cm³/mol. The van der Waals surface area contributed by atoms with Gasteiger partial charge in [0.15, 0.2) is 0 Å². The molecular weight excluding hydrogens is 410 g/mol. The predicted octanol–water partition coefficient (Wildman–Crippen LogP) is 4.88. The number of rotatable bonds is 4. The van der Waals surface area contributed by atoms with Gasteiger partial charge >= 0.3 is 0 Å². The van der Waals surface area contributed by atoms with E-state index in [2.05, 4.69) is 22.6 Å². The lowest BCUT2D eigenvalue weighted by atomic mass is 10.0. The minimum Gasteiger partial charge on any atom is -0.496 e. The molecule has 106 valence electrons. The highest BCUT2D eigenvalue weighted by molar-refractivity contribution is 14.1. The molecule has 0 aromatic heterocycles. The number of aliphatic hydroxyl groups excluding tert-OH is 1. The van der Waals surface area contributed by atoms with Crippen LogP contribution >= 0.6 is 45.8 Å². The molecule has 0 radical (unpaired) electrons. The molecule has 0 amide bonds. The highest BCUT2D eigenvalue weighted by Gasteiger charge is 2.13. The van der Waals surface area contributed by atoms with Gasteiger partial charge in [-0.15, -0.1) is 0 Å². The van der Waals surface area contributed by atoms with E-state index in [1.807, 2.05) is 12.1 Å². The summed E-state index contributed by atoms with van der Waals surface area (Å²) in [5, 5.41) is 11.6. The number of ether oxygens (including phenoxy) is 1. The summed E-state index contributed by atoms with van der Waals surface area (Å²) < 4.78 is 6.24. The van der Waals surface area contributed by atoms with E-state index in [1.54, 1.807) is 31.4 Å².